The minimum atomic E-state index is -1.31. The second-order valence-corrected chi connectivity index (χ2v) is 8.79. The number of carbonyl (C=O) groups excluding carboxylic acids is 5. The summed E-state index contributed by atoms with van der Waals surface area (Å²) in [5.41, 5.74) is 0.562. The molecule has 14 nitrogen and oxygen atoms in total. The standard InChI is InChI=1S/C27H37NO13/c1-17(29)37-16-22-23(38-18(2)30)24(39-19(3)31)25(40-20(4)32)27(41-22)36-15-14-35-13-12-34-11-10-28-26(33)21-8-6-5-7-9-21/h5-9,22-25,27H,10-16H2,1-4H3,(H,28,33)/t22?,23-,24?,25?,27+/m1/s1. The van der Waals surface area contributed by atoms with E-state index in [2.05, 4.69) is 5.32 Å². The largest absolute Gasteiger partial charge is 0.463 e. The zero-order chi connectivity index (χ0) is 30.2. The second kappa shape index (κ2) is 18.0. The molecule has 1 aromatic rings. The fourth-order valence-electron chi connectivity index (χ4n) is 3.80. The van der Waals surface area contributed by atoms with E-state index in [9.17, 15) is 24.0 Å². The van der Waals surface area contributed by atoms with Crippen LogP contribution in [-0.4, -0.2) is 107 Å². The Morgan fingerprint density at radius 3 is 1.88 bits per heavy atom. The summed E-state index contributed by atoms with van der Waals surface area (Å²) in [7, 11) is 0. The maximum absolute atomic E-state index is 12.0. The van der Waals surface area contributed by atoms with Crippen LogP contribution in [0.5, 0.6) is 0 Å². The third-order valence-electron chi connectivity index (χ3n) is 5.40. The van der Waals surface area contributed by atoms with Gasteiger partial charge in [0.15, 0.2) is 24.6 Å². The molecule has 5 atom stereocenters. The lowest BCUT2D eigenvalue weighted by atomic mass is 9.98. The van der Waals surface area contributed by atoms with Crippen LogP contribution in [0.4, 0.5) is 0 Å². The van der Waals surface area contributed by atoms with Crippen molar-refractivity contribution >= 4 is 29.8 Å². The third kappa shape index (κ3) is 12.6. The van der Waals surface area contributed by atoms with Gasteiger partial charge in [-0.1, -0.05) is 18.2 Å². The Balaban J connectivity index is 1.85. The molecule has 0 spiro atoms. The SMILES string of the molecule is CC(=O)OCC1O[C@H](OCCOCCOCCNC(=O)c2ccccc2)C(OC(C)=O)C(OC(C)=O)[C@@H]1OC(C)=O. The van der Waals surface area contributed by atoms with Crippen LogP contribution in [-0.2, 0) is 57.1 Å². The lowest BCUT2D eigenvalue weighted by Gasteiger charge is -2.44. The van der Waals surface area contributed by atoms with Crippen molar-refractivity contribution in [2.45, 2.75) is 58.4 Å². The molecule has 14 heteroatoms. The van der Waals surface area contributed by atoms with Crippen molar-refractivity contribution < 1.29 is 61.9 Å². The summed E-state index contributed by atoms with van der Waals surface area (Å²) >= 11 is 0. The van der Waals surface area contributed by atoms with E-state index in [0.717, 1.165) is 20.8 Å². The van der Waals surface area contributed by atoms with Gasteiger partial charge in [0.05, 0.1) is 33.0 Å². The topological polar surface area (TPSA) is 171 Å². The van der Waals surface area contributed by atoms with E-state index in [4.69, 9.17) is 37.9 Å². The van der Waals surface area contributed by atoms with E-state index in [1.54, 1.807) is 24.3 Å². The van der Waals surface area contributed by atoms with Gasteiger partial charge in [-0.25, -0.2) is 0 Å². The number of ether oxygens (including phenoxy) is 8. The first-order valence-corrected chi connectivity index (χ1v) is 13.0. The molecule has 2 rings (SSSR count). The second-order valence-electron chi connectivity index (χ2n) is 8.79. The van der Waals surface area contributed by atoms with Crippen LogP contribution in [0.2, 0.25) is 0 Å². The van der Waals surface area contributed by atoms with Gasteiger partial charge in [-0.2, -0.15) is 0 Å². The third-order valence-corrected chi connectivity index (χ3v) is 5.40. The molecule has 1 fully saturated rings. The van der Waals surface area contributed by atoms with Crippen LogP contribution in [0.1, 0.15) is 38.1 Å². The van der Waals surface area contributed by atoms with Crippen LogP contribution >= 0.6 is 0 Å². The molecule has 0 radical (unpaired) electrons. The summed E-state index contributed by atoms with van der Waals surface area (Å²) in [5.74, 6) is -2.99. The molecular weight excluding hydrogens is 546 g/mol. The number of amides is 1. The summed E-state index contributed by atoms with van der Waals surface area (Å²) < 4.78 is 43.5. The molecule has 3 unspecified atom stereocenters. The van der Waals surface area contributed by atoms with E-state index in [1.165, 1.54) is 6.92 Å². The maximum atomic E-state index is 12.0. The highest BCUT2D eigenvalue weighted by Gasteiger charge is 2.52. The molecule has 1 aliphatic heterocycles. The van der Waals surface area contributed by atoms with E-state index in [0.29, 0.717) is 18.7 Å². The molecule has 0 aromatic heterocycles. The van der Waals surface area contributed by atoms with E-state index in [-0.39, 0.29) is 38.9 Å². The summed E-state index contributed by atoms with van der Waals surface area (Å²) in [4.78, 5) is 58.8. The predicted octanol–water partition coefficient (Wildman–Crippen LogP) is 0.549. The first-order valence-electron chi connectivity index (χ1n) is 13.0. The molecule has 228 valence electrons. The van der Waals surface area contributed by atoms with E-state index in [1.807, 2.05) is 6.07 Å². The number of benzene rings is 1. The highest BCUT2D eigenvalue weighted by molar-refractivity contribution is 5.94. The van der Waals surface area contributed by atoms with Crippen molar-refractivity contribution in [3.8, 4) is 0 Å². The summed E-state index contributed by atoms with van der Waals surface area (Å²) in [6.45, 7) is 5.44. The number of rotatable bonds is 16. The Morgan fingerprint density at radius 1 is 0.707 bits per heavy atom. The quantitative estimate of drug-likeness (QED) is 0.163. The Labute approximate surface area is 237 Å². The number of nitrogens with one attached hydrogen (secondary N) is 1. The van der Waals surface area contributed by atoms with Gasteiger partial charge in [-0.05, 0) is 12.1 Å². The van der Waals surface area contributed by atoms with Crippen molar-refractivity contribution in [3.63, 3.8) is 0 Å². The fraction of sp³-hybridized carbons (Fsp3) is 0.593. The Hall–Kier alpha value is -3.59. The van der Waals surface area contributed by atoms with Gasteiger partial charge >= 0.3 is 23.9 Å². The van der Waals surface area contributed by atoms with Gasteiger partial charge in [0, 0.05) is 39.8 Å². The predicted molar refractivity (Wildman–Crippen MR) is 138 cm³/mol. The van der Waals surface area contributed by atoms with E-state index >= 15 is 0 Å². The highest BCUT2D eigenvalue weighted by Crippen LogP contribution is 2.30. The van der Waals surface area contributed by atoms with Gasteiger partial charge in [0.25, 0.3) is 5.91 Å². The van der Waals surface area contributed by atoms with Crippen molar-refractivity contribution in [1.29, 1.82) is 0 Å². The van der Waals surface area contributed by atoms with Gasteiger partial charge in [0.1, 0.15) is 12.7 Å². The Bertz CT molecular complexity index is 1000. The highest BCUT2D eigenvalue weighted by atomic mass is 16.7. The molecule has 41 heavy (non-hydrogen) atoms. The average molecular weight is 584 g/mol. The molecule has 0 bridgehead atoms. The minimum absolute atomic E-state index is 0.0269. The van der Waals surface area contributed by atoms with Crippen molar-refractivity contribution in [1.82, 2.24) is 5.32 Å². The monoisotopic (exact) mass is 583 g/mol. The van der Waals surface area contributed by atoms with Crippen LogP contribution in [0.25, 0.3) is 0 Å². The molecule has 1 aromatic carbocycles. The summed E-state index contributed by atoms with van der Waals surface area (Å²) in [5, 5.41) is 2.75. The summed E-state index contributed by atoms with van der Waals surface area (Å²) in [6, 6.07) is 8.82. The maximum Gasteiger partial charge on any atom is 0.303 e. The van der Waals surface area contributed by atoms with Gasteiger partial charge in [-0.15, -0.1) is 0 Å². The molecule has 1 saturated heterocycles. The van der Waals surface area contributed by atoms with Crippen LogP contribution in [0.3, 0.4) is 0 Å². The molecule has 0 saturated carbocycles. The normalized spacial score (nSPS) is 21.8. The fourth-order valence-corrected chi connectivity index (χ4v) is 3.80. The number of carbonyl (C=O) groups is 5. The van der Waals surface area contributed by atoms with Crippen LogP contribution in [0, 0.1) is 0 Å². The number of hydrogen-bond acceptors (Lipinski definition) is 13. The van der Waals surface area contributed by atoms with Crippen molar-refractivity contribution in [3.05, 3.63) is 35.9 Å². The molecule has 1 amide bonds. The molecule has 1 N–H and O–H groups in total. The summed E-state index contributed by atoms with van der Waals surface area (Å²) in [6.07, 6.45) is -6.24. The lowest BCUT2D eigenvalue weighted by molar-refractivity contribution is -0.309. The zero-order valence-corrected chi connectivity index (χ0v) is 23.5. The Kier molecular flexibility index (Phi) is 14.7. The van der Waals surface area contributed by atoms with Crippen LogP contribution in [0.15, 0.2) is 30.3 Å². The average Bonchev–Trinajstić information content (AvgIpc) is 2.91. The number of hydrogen-bond donors (Lipinski definition) is 1. The number of esters is 4. The van der Waals surface area contributed by atoms with Gasteiger partial charge in [-0.3, -0.25) is 24.0 Å². The van der Waals surface area contributed by atoms with Crippen molar-refractivity contribution in [2.24, 2.45) is 0 Å². The minimum Gasteiger partial charge on any atom is -0.463 e. The smallest absolute Gasteiger partial charge is 0.303 e. The molecule has 1 aliphatic rings. The first kappa shape index (κ1) is 33.6. The van der Waals surface area contributed by atoms with Gasteiger partial charge in [0.2, 0.25) is 0 Å². The van der Waals surface area contributed by atoms with Crippen molar-refractivity contribution in [2.75, 3.05) is 46.2 Å². The molecule has 1 heterocycles. The first-order chi connectivity index (χ1) is 19.6. The Morgan fingerprint density at radius 2 is 1.27 bits per heavy atom. The van der Waals surface area contributed by atoms with Crippen LogP contribution < -0.4 is 5.32 Å². The van der Waals surface area contributed by atoms with Gasteiger partial charge < -0.3 is 43.2 Å². The van der Waals surface area contributed by atoms with E-state index < -0.39 is 54.6 Å². The lowest BCUT2D eigenvalue weighted by Crippen LogP contribution is -2.63. The molecule has 0 aliphatic carbocycles. The molecular formula is C27H37NO13. The zero-order valence-electron chi connectivity index (χ0n) is 23.5.